The number of imidazole rings is 1. The highest BCUT2D eigenvalue weighted by Gasteiger charge is 2.46. The van der Waals surface area contributed by atoms with Crippen LogP contribution in [0.4, 0.5) is 0 Å². The average Bonchev–Trinajstić information content (AvgIpc) is 2.86. The summed E-state index contributed by atoms with van der Waals surface area (Å²) in [6.07, 6.45) is -3.12. The summed E-state index contributed by atoms with van der Waals surface area (Å²) in [5.74, 6) is -0.512. The van der Waals surface area contributed by atoms with Crippen molar-refractivity contribution >= 4 is 17.5 Å². The van der Waals surface area contributed by atoms with Gasteiger partial charge < -0.3 is 31.4 Å². The summed E-state index contributed by atoms with van der Waals surface area (Å²) in [4.78, 5) is 17.4. The molecule has 1 aliphatic heterocycles. The average molecular weight is 277 g/mol. The second kappa shape index (κ2) is 4.82. The van der Waals surface area contributed by atoms with E-state index in [-0.39, 0.29) is 11.5 Å². The lowest BCUT2D eigenvalue weighted by atomic mass is 10.1. The van der Waals surface area contributed by atoms with Crippen LogP contribution >= 0.6 is 11.6 Å². The van der Waals surface area contributed by atoms with Crippen LogP contribution in [0.2, 0.25) is 0 Å². The van der Waals surface area contributed by atoms with Gasteiger partial charge >= 0.3 is 0 Å². The van der Waals surface area contributed by atoms with Crippen LogP contribution in [0.3, 0.4) is 0 Å². The van der Waals surface area contributed by atoms with Crippen molar-refractivity contribution in [3.05, 3.63) is 17.7 Å². The highest BCUT2D eigenvalue weighted by atomic mass is 35.5. The molecule has 1 unspecified atom stereocenters. The lowest BCUT2D eigenvalue weighted by Crippen LogP contribution is -2.40. The lowest BCUT2D eigenvalue weighted by Gasteiger charge is -2.15. The Morgan fingerprint density at radius 3 is 2.67 bits per heavy atom. The van der Waals surface area contributed by atoms with Crippen molar-refractivity contribution in [3.63, 3.8) is 0 Å². The number of amides is 1. The monoisotopic (exact) mass is 276 g/mol. The number of rotatable bonds is 3. The maximum Gasteiger partial charge on any atom is 0.266 e. The standard InChI is InChI=1S/C9H13ClN4O4/c10-7(11)5-3(15)4(16)6(18-5)9-13-1-2(14-9)8(12)17/h1,3-7,15-16H,11H2,(H2,12,17)(H,13,14)/t3-,4+,5-,6+,7?/m0/s1. The largest absolute Gasteiger partial charge is 0.387 e. The zero-order valence-electron chi connectivity index (χ0n) is 9.15. The fourth-order valence-electron chi connectivity index (χ4n) is 1.80. The molecule has 1 aliphatic rings. The van der Waals surface area contributed by atoms with Crippen molar-refractivity contribution in [3.8, 4) is 0 Å². The number of hydrogen-bond acceptors (Lipinski definition) is 6. The maximum absolute atomic E-state index is 10.9. The Labute approximate surface area is 107 Å². The quantitative estimate of drug-likeness (QED) is 0.325. The number of H-pyrrole nitrogens is 1. The van der Waals surface area contributed by atoms with E-state index in [9.17, 15) is 15.0 Å². The van der Waals surface area contributed by atoms with Gasteiger partial charge in [-0.1, -0.05) is 0 Å². The van der Waals surface area contributed by atoms with Crippen molar-refractivity contribution in [1.82, 2.24) is 9.97 Å². The van der Waals surface area contributed by atoms with Gasteiger partial charge in [0.1, 0.15) is 41.4 Å². The molecule has 0 spiro atoms. The molecule has 0 bridgehead atoms. The molecule has 5 atom stereocenters. The Morgan fingerprint density at radius 1 is 1.56 bits per heavy atom. The molecule has 9 heteroatoms. The Balaban J connectivity index is 2.20. The number of ether oxygens (including phenoxy) is 1. The van der Waals surface area contributed by atoms with Crippen LogP contribution in [-0.4, -0.2) is 49.9 Å². The van der Waals surface area contributed by atoms with Crippen LogP contribution in [0.25, 0.3) is 0 Å². The van der Waals surface area contributed by atoms with Gasteiger partial charge in [-0.05, 0) is 0 Å². The Hall–Kier alpha value is -1.19. The number of halogens is 1. The fourth-order valence-corrected chi connectivity index (χ4v) is 2.01. The third-order valence-corrected chi connectivity index (χ3v) is 2.99. The number of nitrogens with two attached hydrogens (primary N) is 2. The van der Waals surface area contributed by atoms with E-state index < -0.39 is 35.8 Å². The molecule has 0 aromatic carbocycles. The molecule has 1 fully saturated rings. The number of aliphatic hydroxyl groups is 2. The summed E-state index contributed by atoms with van der Waals surface area (Å²) >= 11 is 5.63. The zero-order chi connectivity index (χ0) is 13.4. The molecule has 0 saturated carbocycles. The molecule has 100 valence electrons. The molecule has 1 amide bonds. The smallest absolute Gasteiger partial charge is 0.266 e. The van der Waals surface area contributed by atoms with Gasteiger partial charge in [0.2, 0.25) is 0 Å². The first-order chi connectivity index (χ1) is 8.41. The summed E-state index contributed by atoms with van der Waals surface area (Å²) in [6.45, 7) is 0. The van der Waals surface area contributed by atoms with Gasteiger partial charge in [0, 0.05) is 0 Å². The van der Waals surface area contributed by atoms with Gasteiger partial charge in [0.25, 0.3) is 5.91 Å². The number of hydrogen-bond donors (Lipinski definition) is 5. The summed E-state index contributed by atoms with van der Waals surface area (Å²) < 4.78 is 5.32. The third-order valence-electron chi connectivity index (χ3n) is 2.74. The number of aliphatic hydroxyl groups excluding tert-OH is 2. The van der Waals surface area contributed by atoms with Gasteiger partial charge in [0.05, 0.1) is 6.20 Å². The predicted molar refractivity (Wildman–Crippen MR) is 60.6 cm³/mol. The minimum atomic E-state index is -1.24. The number of nitrogens with zero attached hydrogens (tertiary/aromatic N) is 1. The van der Waals surface area contributed by atoms with Gasteiger partial charge in [-0.2, -0.15) is 0 Å². The van der Waals surface area contributed by atoms with Crippen LogP contribution < -0.4 is 11.5 Å². The van der Waals surface area contributed by atoms with E-state index in [4.69, 9.17) is 27.8 Å². The first kappa shape index (κ1) is 13.2. The first-order valence-corrected chi connectivity index (χ1v) is 5.61. The zero-order valence-corrected chi connectivity index (χ0v) is 9.91. The second-order valence-corrected chi connectivity index (χ2v) is 4.50. The number of carbonyl (C=O) groups is 1. The summed E-state index contributed by atoms with van der Waals surface area (Å²) in [5.41, 5.74) is 9.58. The fraction of sp³-hybridized carbons (Fsp3) is 0.556. The third kappa shape index (κ3) is 2.20. The molecular formula is C9H13ClN4O4. The Morgan fingerprint density at radius 2 is 2.22 bits per heavy atom. The maximum atomic E-state index is 10.9. The van der Waals surface area contributed by atoms with Crippen molar-refractivity contribution in [1.29, 1.82) is 0 Å². The minimum absolute atomic E-state index is 0.0777. The van der Waals surface area contributed by atoms with Gasteiger partial charge in [-0.25, -0.2) is 4.98 Å². The molecule has 2 heterocycles. The number of carbonyl (C=O) groups excluding carboxylic acids is 1. The lowest BCUT2D eigenvalue weighted by molar-refractivity contribution is 0.00196. The van der Waals surface area contributed by atoms with Crippen LogP contribution in [0.1, 0.15) is 22.4 Å². The van der Waals surface area contributed by atoms with Gasteiger partial charge in [0.15, 0.2) is 0 Å². The number of alkyl halides is 1. The van der Waals surface area contributed by atoms with E-state index in [1.54, 1.807) is 0 Å². The molecule has 1 aromatic heterocycles. The van der Waals surface area contributed by atoms with Crippen molar-refractivity contribution in [2.24, 2.45) is 11.5 Å². The Kier molecular flexibility index (Phi) is 3.55. The van der Waals surface area contributed by atoms with Crippen LogP contribution in [0.5, 0.6) is 0 Å². The summed E-state index contributed by atoms with van der Waals surface area (Å²) in [7, 11) is 0. The van der Waals surface area contributed by atoms with Crippen molar-refractivity contribution < 1.29 is 19.7 Å². The molecule has 7 N–H and O–H groups in total. The van der Waals surface area contributed by atoms with E-state index in [2.05, 4.69) is 9.97 Å². The number of primary amides is 1. The van der Waals surface area contributed by atoms with E-state index in [1.165, 1.54) is 6.20 Å². The molecule has 8 nitrogen and oxygen atoms in total. The van der Waals surface area contributed by atoms with Crippen molar-refractivity contribution in [2.45, 2.75) is 29.9 Å². The molecule has 0 radical (unpaired) electrons. The Bertz CT molecular complexity index is 452. The van der Waals surface area contributed by atoms with E-state index in [0.717, 1.165) is 0 Å². The number of nitrogens with one attached hydrogen (secondary N) is 1. The minimum Gasteiger partial charge on any atom is -0.387 e. The molecular weight excluding hydrogens is 264 g/mol. The highest BCUT2D eigenvalue weighted by molar-refractivity contribution is 6.20. The highest BCUT2D eigenvalue weighted by Crippen LogP contribution is 2.33. The van der Waals surface area contributed by atoms with E-state index in [1.807, 2.05) is 0 Å². The van der Waals surface area contributed by atoms with E-state index in [0.29, 0.717) is 0 Å². The van der Waals surface area contributed by atoms with Crippen molar-refractivity contribution in [2.75, 3.05) is 0 Å². The molecule has 1 saturated heterocycles. The molecule has 18 heavy (non-hydrogen) atoms. The van der Waals surface area contributed by atoms with Gasteiger partial charge in [-0.3, -0.25) is 4.79 Å². The first-order valence-electron chi connectivity index (χ1n) is 5.17. The topological polar surface area (TPSA) is 147 Å². The predicted octanol–water partition coefficient (Wildman–Crippen LogP) is -1.81. The summed E-state index contributed by atoms with van der Waals surface area (Å²) in [6, 6.07) is 0. The van der Waals surface area contributed by atoms with Crippen LogP contribution in [0.15, 0.2) is 6.20 Å². The normalized spacial score (nSPS) is 33.6. The van der Waals surface area contributed by atoms with Crippen LogP contribution in [-0.2, 0) is 4.74 Å². The molecule has 2 rings (SSSR count). The summed E-state index contributed by atoms with van der Waals surface area (Å²) in [5, 5.41) is 19.5. The molecule has 1 aromatic rings. The number of aromatic nitrogens is 2. The van der Waals surface area contributed by atoms with E-state index >= 15 is 0 Å². The second-order valence-electron chi connectivity index (χ2n) is 3.99. The van der Waals surface area contributed by atoms with Crippen LogP contribution in [0, 0.1) is 0 Å². The molecule has 0 aliphatic carbocycles. The number of aromatic amines is 1. The SMILES string of the molecule is NC(=O)c1cnc([C@@H]2O[C@H](C(N)Cl)[C@@H](O)[C@H]2O)[nH]1. The van der Waals surface area contributed by atoms with Gasteiger partial charge in [-0.15, -0.1) is 11.6 Å².